The summed E-state index contributed by atoms with van der Waals surface area (Å²) in [6.07, 6.45) is 4.40. The quantitative estimate of drug-likeness (QED) is 0.906. The van der Waals surface area contributed by atoms with Crippen molar-refractivity contribution in [2.45, 2.75) is 32.2 Å². The van der Waals surface area contributed by atoms with E-state index in [0.29, 0.717) is 19.0 Å². The Morgan fingerprint density at radius 3 is 2.86 bits per heavy atom. The van der Waals surface area contributed by atoms with Crippen molar-refractivity contribution >= 4 is 5.91 Å². The molecule has 1 aromatic carbocycles. The molecule has 1 aromatic rings. The van der Waals surface area contributed by atoms with E-state index in [-0.39, 0.29) is 11.8 Å². The van der Waals surface area contributed by atoms with Gasteiger partial charge in [0, 0.05) is 19.5 Å². The fraction of sp³-hybridized carbons (Fsp3) is 0.588. The van der Waals surface area contributed by atoms with Gasteiger partial charge in [-0.2, -0.15) is 0 Å². The van der Waals surface area contributed by atoms with Crippen LogP contribution in [0.2, 0.25) is 0 Å². The van der Waals surface area contributed by atoms with Crippen molar-refractivity contribution in [1.29, 1.82) is 0 Å². The molecular formula is C17H26N2O2. The minimum atomic E-state index is 0.0966. The first-order chi connectivity index (χ1) is 10.2. The Morgan fingerprint density at radius 1 is 1.38 bits per heavy atom. The minimum absolute atomic E-state index is 0.0966. The van der Waals surface area contributed by atoms with Gasteiger partial charge < -0.3 is 15.4 Å². The van der Waals surface area contributed by atoms with E-state index in [1.807, 2.05) is 36.2 Å². The van der Waals surface area contributed by atoms with Crippen LogP contribution in [-0.2, 0) is 11.3 Å². The van der Waals surface area contributed by atoms with Crippen molar-refractivity contribution in [3.8, 4) is 5.75 Å². The molecule has 1 amide bonds. The van der Waals surface area contributed by atoms with Crippen LogP contribution in [0.1, 0.15) is 31.2 Å². The number of carbonyl (C=O) groups excluding carboxylic acids is 1. The first-order valence-corrected chi connectivity index (χ1v) is 7.73. The first kappa shape index (κ1) is 15.8. The molecule has 21 heavy (non-hydrogen) atoms. The van der Waals surface area contributed by atoms with Gasteiger partial charge in [-0.1, -0.05) is 25.0 Å². The third kappa shape index (κ3) is 3.97. The average Bonchev–Trinajstić information content (AvgIpc) is 2.54. The molecule has 0 bridgehead atoms. The highest BCUT2D eigenvalue weighted by molar-refractivity contribution is 5.79. The summed E-state index contributed by atoms with van der Waals surface area (Å²) in [6.45, 7) is 1.23. The number of methoxy groups -OCH3 is 1. The summed E-state index contributed by atoms with van der Waals surface area (Å²) in [5, 5.41) is 0. The molecule has 2 rings (SSSR count). The number of hydrogen-bond acceptors (Lipinski definition) is 3. The summed E-state index contributed by atoms with van der Waals surface area (Å²) in [5.41, 5.74) is 6.92. The number of carbonyl (C=O) groups is 1. The molecule has 4 nitrogen and oxygen atoms in total. The molecule has 0 aliphatic heterocycles. The van der Waals surface area contributed by atoms with E-state index in [0.717, 1.165) is 30.6 Å². The topological polar surface area (TPSA) is 55.6 Å². The number of ether oxygens (including phenoxy) is 1. The predicted molar refractivity (Wildman–Crippen MR) is 84.0 cm³/mol. The third-order valence-corrected chi connectivity index (χ3v) is 4.46. The number of rotatable bonds is 5. The lowest BCUT2D eigenvalue weighted by atomic mass is 9.78. The smallest absolute Gasteiger partial charge is 0.226 e. The second kappa shape index (κ2) is 7.46. The van der Waals surface area contributed by atoms with Gasteiger partial charge in [0.2, 0.25) is 5.91 Å². The summed E-state index contributed by atoms with van der Waals surface area (Å²) >= 11 is 0. The number of hydrogen-bond donors (Lipinski definition) is 1. The molecule has 0 heterocycles. The molecular weight excluding hydrogens is 264 g/mol. The van der Waals surface area contributed by atoms with Crippen LogP contribution in [-0.4, -0.2) is 31.5 Å². The van der Waals surface area contributed by atoms with Gasteiger partial charge in [0.05, 0.1) is 7.11 Å². The van der Waals surface area contributed by atoms with Crippen LogP contribution in [0.3, 0.4) is 0 Å². The Hall–Kier alpha value is -1.55. The summed E-state index contributed by atoms with van der Waals surface area (Å²) in [4.78, 5) is 14.5. The zero-order chi connectivity index (χ0) is 15.2. The van der Waals surface area contributed by atoms with E-state index < -0.39 is 0 Å². The third-order valence-electron chi connectivity index (χ3n) is 4.46. The van der Waals surface area contributed by atoms with Crippen molar-refractivity contribution < 1.29 is 9.53 Å². The molecule has 1 aliphatic carbocycles. The van der Waals surface area contributed by atoms with Crippen LogP contribution in [0.15, 0.2) is 24.3 Å². The lowest BCUT2D eigenvalue weighted by molar-refractivity contribution is -0.137. The van der Waals surface area contributed by atoms with Gasteiger partial charge in [-0.25, -0.2) is 0 Å². The van der Waals surface area contributed by atoms with Crippen LogP contribution < -0.4 is 10.5 Å². The molecule has 116 valence electrons. The molecule has 0 saturated heterocycles. The Morgan fingerprint density at radius 2 is 2.14 bits per heavy atom. The Labute approximate surface area is 127 Å². The van der Waals surface area contributed by atoms with Gasteiger partial charge in [0.15, 0.2) is 0 Å². The maximum Gasteiger partial charge on any atom is 0.226 e. The van der Waals surface area contributed by atoms with Crippen molar-refractivity contribution in [3.05, 3.63) is 29.8 Å². The van der Waals surface area contributed by atoms with Crippen LogP contribution in [0.4, 0.5) is 0 Å². The van der Waals surface area contributed by atoms with Gasteiger partial charge in [-0.05, 0) is 43.0 Å². The van der Waals surface area contributed by atoms with E-state index in [2.05, 4.69) is 0 Å². The molecule has 0 aromatic heterocycles. The molecule has 0 spiro atoms. The summed E-state index contributed by atoms with van der Waals surface area (Å²) in [5.74, 6) is 1.50. The van der Waals surface area contributed by atoms with Crippen LogP contribution in [0.25, 0.3) is 0 Å². The first-order valence-electron chi connectivity index (χ1n) is 7.73. The van der Waals surface area contributed by atoms with Gasteiger partial charge in [0.25, 0.3) is 0 Å². The van der Waals surface area contributed by atoms with Gasteiger partial charge in [-0.3, -0.25) is 4.79 Å². The molecule has 2 atom stereocenters. The van der Waals surface area contributed by atoms with Crippen LogP contribution in [0.5, 0.6) is 5.75 Å². The van der Waals surface area contributed by atoms with Gasteiger partial charge in [0.1, 0.15) is 5.75 Å². The monoisotopic (exact) mass is 290 g/mol. The average molecular weight is 290 g/mol. The highest BCUT2D eigenvalue weighted by atomic mass is 16.5. The van der Waals surface area contributed by atoms with Gasteiger partial charge in [-0.15, -0.1) is 0 Å². The predicted octanol–water partition coefficient (Wildman–Crippen LogP) is 2.42. The SMILES string of the molecule is COc1cccc(CN(C)C(=O)C2CCCCC2CN)c1. The number of nitrogens with zero attached hydrogens (tertiary/aromatic N) is 1. The van der Waals surface area contributed by atoms with Crippen molar-refractivity contribution in [3.63, 3.8) is 0 Å². The standard InChI is InChI=1S/C17H26N2O2/c1-19(12-13-6-5-8-15(10-13)21-2)17(20)16-9-4-3-7-14(16)11-18/h5-6,8,10,14,16H,3-4,7,9,11-12,18H2,1-2H3. The summed E-state index contributed by atoms with van der Waals surface area (Å²) in [7, 11) is 3.53. The Bertz CT molecular complexity index is 476. The lowest BCUT2D eigenvalue weighted by Gasteiger charge is -2.32. The highest BCUT2D eigenvalue weighted by Gasteiger charge is 2.31. The number of amides is 1. The largest absolute Gasteiger partial charge is 0.497 e. The normalized spacial score (nSPS) is 21.9. The highest BCUT2D eigenvalue weighted by Crippen LogP contribution is 2.31. The second-order valence-corrected chi connectivity index (χ2v) is 5.93. The van der Waals surface area contributed by atoms with Gasteiger partial charge >= 0.3 is 0 Å². The van der Waals surface area contributed by atoms with Crippen molar-refractivity contribution in [1.82, 2.24) is 4.90 Å². The van der Waals surface area contributed by atoms with E-state index in [9.17, 15) is 4.79 Å². The summed E-state index contributed by atoms with van der Waals surface area (Å²) in [6, 6.07) is 7.87. The molecule has 1 fully saturated rings. The van der Waals surface area contributed by atoms with Crippen molar-refractivity contribution in [2.75, 3.05) is 20.7 Å². The minimum Gasteiger partial charge on any atom is -0.497 e. The van der Waals surface area contributed by atoms with Crippen LogP contribution >= 0.6 is 0 Å². The molecule has 0 radical (unpaired) electrons. The van der Waals surface area contributed by atoms with E-state index >= 15 is 0 Å². The number of nitrogens with two attached hydrogens (primary N) is 1. The maximum atomic E-state index is 12.7. The van der Waals surface area contributed by atoms with Crippen molar-refractivity contribution in [2.24, 2.45) is 17.6 Å². The Kier molecular flexibility index (Phi) is 5.62. The summed E-state index contributed by atoms with van der Waals surface area (Å²) < 4.78 is 5.23. The lowest BCUT2D eigenvalue weighted by Crippen LogP contribution is -2.40. The van der Waals surface area contributed by atoms with E-state index in [1.165, 1.54) is 6.42 Å². The number of benzene rings is 1. The molecule has 4 heteroatoms. The zero-order valence-corrected chi connectivity index (χ0v) is 13.0. The zero-order valence-electron chi connectivity index (χ0n) is 13.0. The maximum absolute atomic E-state index is 12.7. The molecule has 1 aliphatic rings. The van der Waals surface area contributed by atoms with Crippen LogP contribution in [0, 0.1) is 11.8 Å². The molecule has 2 N–H and O–H groups in total. The fourth-order valence-electron chi connectivity index (χ4n) is 3.22. The molecule has 2 unspecified atom stereocenters. The molecule has 1 saturated carbocycles. The van der Waals surface area contributed by atoms with E-state index in [4.69, 9.17) is 10.5 Å². The second-order valence-electron chi connectivity index (χ2n) is 5.93. The fourth-order valence-corrected chi connectivity index (χ4v) is 3.22. The Balaban J connectivity index is 2.01. The van der Waals surface area contributed by atoms with E-state index in [1.54, 1.807) is 7.11 Å².